The maximum atomic E-state index is 12.3. The van der Waals surface area contributed by atoms with Gasteiger partial charge in [-0.2, -0.15) is 11.8 Å². The van der Waals surface area contributed by atoms with Crippen molar-refractivity contribution < 1.29 is 9.53 Å². The first-order valence-electron chi connectivity index (χ1n) is 6.33. The average molecular weight is 306 g/mol. The van der Waals surface area contributed by atoms with Crippen LogP contribution in [0.1, 0.15) is 25.8 Å². The summed E-state index contributed by atoms with van der Waals surface area (Å²) < 4.78 is 5.05. The van der Waals surface area contributed by atoms with Crippen molar-refractivity contribution in [1.82, 2.24) is 9.97 Å². The third kappa shape index (κ3) is 2.86. The van der Waals surface area contributed by atoms with Crippen LogP contribution in [0.2, 0.25) is 0 Å². The lowest BCUT2D eigenvalue weighted by Gasteiger charge is -2.08. The third-order valence-corrected chi connectivity index (χ3v) is 5.44. The zero-order valence-corrected chi connectivity index (χ0v) is 12.7. The predicted octanol–water partition coefficient (Wildman–Crippen LogP) is 2.76. The minimum Gasteiger partial charge on any atom is -0.481 e. The summed E-state index contributed by atoms with van der Waals surface area (Å²) in [4.78, 5) is 22.6. The number of carbonyl (C=O) groups is 1. The SMILES string of the molecule is COc1cc(CC(=O)c2cc3c(s2)CCSC3)ncn1. The fourth-order valence-electron chi connectivity index (χ4n) is 2.12. The summed E-state index contributed by atoms with van der Waals surface area (Å²) in [6, 6.07) is 3.76. The largest absolute Gasteiger partial charge is 0.481 e. The van der Waals surface area contributed by atoms with Crippen molar-refractivity contribution in [2.75, 3.05) is 12.9 Å². The maximum absolute atomic E-state index is 12.3. The lowest BCUT2D eigenvalue weighted by atomic mass is 10.1. The van der Waals surface area contributed by atoms with Gasteiger partial charge in [-0.05, 0) is 23.8 Å². The van der Waals surface area contributed by atoms with E-state index in [0.717, 1.165) is 22.8 Å². The number of fused-ring (bicyclic) bond motifs is 1. The number of aryl methyl sites for hydroxylation is 1. The van der Waals surface area contributed by atoms with Crippen LogP contribution in [0.4, 0.5) is 0 Å². The molecule has 1 aliphatic heterocycles. The highest BCUT2D eigenvalue weighted by Crippen LogP contribution is 2.32. The summed E-state index contributed by atoms with van der Waals surface area (Å²) in [6.07, 6.45) is 2.81. The second-order valence-corrected chi connectivity index (χ2v) is 6.76. The molecule has 3 heterocycles. The molecule has 1 aliphatic rings. The number of rotatable bonds is 4. The molecule has 0 spiro atoms. The molecule has 2 aromatic rings. The van der Waals surface area contributed by atoms with Crippen LogP contribution in [0.15, 0.2) is 18.5 Å². The van der Waals surface area contributed by atoms with Crippen molar-refractivity contribution in [1.29, 1.82) is 0 Å². The predicted molar refractivity (Wildman–Crippen MR) is 80.8 cm³/mol. The van der Waals surface area contributed by atoms with E-state index >= 15 is 0 Å². The molecule has 6 heteroatoms. The Balaban J connectivity index is 1.77. The van der Waals surface area contributed by atoms with Crippen LogP contribution in [-0.2, 0) is 18.6 Å². The Kier molecular flexibility index (Phi) is 4.03. The summed E-state index contributed by atoms with van der Waals surface area (Å²) in [5, 5.41) is 0. The van der Waals surface area contributed by atoms with E-state index in [1.54, 1.807) is 24.5 Å². The first kappa shape index (κ1) is 13.6. The Hall–Kier alpha value is -1.40. The topological polar surface area (TPSA) is 52.1 Å². The Bertz CT molecular complexity index is 616. The Morgan fingerprint density at radius 3 is 3.10 bits per heavy atom. The summed E-state index contributed by atoms with van der Waals surface area (Å²) in [5.74, 6) is 2.80. The van der Waals surface area contributed by atoms with Gasteiger partial charge in [0.2, 0.25) is 5.88 Å². The van der Waals surface area contributed by atoms with Gasteiger partial charge in [0.05, 0.1) is 24.1 Å². The Morgan fingerprint density at radius 1 is 1.40 bits per heavy atom. The first-order valence-corrected chi connectivity index (χ1v) is 8.31. The highest BCUT2D eigenvalue weighted by atomic mass is 32.2. The lowest BCUT2D eigenvalue weighted by Crippen LogP contribution is -2.04. The van der Waals surface area contributed by atoms with E-state index in [-0.39, 0.29) is 5.78 Å². The quantitative estimate of drug-likeness (QED) is 0.813. The zero-order valence-electron chi connectivity index (χ0n) is 11.1. The van der Waals surface area contributed by atoms with Gasteiger partial charge < -0.3 is 4.74 Å². The van der Waals surface area contributed by atoms with Gasteiger partial charge in [-0.15, -0.1) is 11.3 Å². The fourth-order valence-corrected chi connectivity index (χ4v) is 4.43. The smallest absolute Gasteiger partial charge is 0.216 e. The molecule has 2 aromatic heterocycles. The number of ether oxygens (including phenoxy) is 1. The van der Waals surface area contributed by atoms with Crippen LogP contribution in [0.3, 0.4) is 0 Å². The molecule has 0 bridgehead atoms. The molecule has 0 saturated heterocycles. The third-order valence-electron chi connectivity index (χ3n) is 3.15. The second kappa shape index (κ2) is 5.93. The van der Waals surface area contributed by atoms with E-state index in [9.17, 15) is 4.79 Å². The molecule has 0 unspecified atom stereocenters. The Morgan fingerprint density at radius 2 is 2.30 bits per heavy atom. The highest BCUT2D eigenvalue weighted by Gasteiger charge is 2.18. The lowest BCUT2D eigenvalue weighted by molar-refractivity contribution is 0.0995. The van der Waals surface area contributed by atoms with Gasteiger partial charge in [0, 0.05) is 16.7 Å². The molecule has 0 N–H and O–H groups in total. The molecule has 20 heavy (non-hydrogen) atoms. The molecule has 0 fully saturated rings. The van der Waals surface area contributed by atoms with E-state index in [1.807, 2.05) is 17.8 Å². The molecule has 3 rings (SSSR count). The number of thioether (sulfide) groups is 1. The molecule has 0 aromatic carbocycles. The second-order valence-electron chi connectivity index (χ2n) is 4.51. The van der Waals surface area contributed by atoms with E-state index in [0.29, 0.717) is 18.0 Å². The number of nitrogens with zero attached hydrogens (tertiary/aromatic N) is 2. The van der Waals surface area contributed by atoms with Gasteiger partial charge in [0.15, 0.2) is 5.78 Å². The van der Waals surface area contributed by atoms with Crippen LogP contribution in [0, 0.1) is 0 Å². The van der Waals surface area contributed by atoms with Crippen molar-refractivity contribution >= 4 is 28.9 Å². The first-order chi connectivity index (χ1) is 9.76. The minimum absolute atomic E-state index is 0.121. The molecule has 0 radical (unpaired) electrons. The van der Waals surface area contributed by atoms with Crippen molar-refractivity contribution in [2.24, 2.45) is 0 Å². The van der Waals surface area contributed by atoms with E-state index < -0.39 is 0 Å². The van der Waals surface area contributed by atoms with E-state index in [1.165, 1.54) is 16.8 Å². The van der Waals surface area contributed by atoms with Crippen molar-refractivity contribution in [2.45, 2.75) is 18.6 Å². The molecular weight excluding hydrogens is 292 g/mol. The number of methoxy groups -OCH3 is 1. The van der Waals surface area contributed by atoms with Crippen LogP contribution < -0.4 is 4.74 Å². The molecule has 4 nitrogen and oxygen atoms in total. The van der Waals surface area contributed by atoms with Crippen molar-refractivity contribution in [3.8, 4) is 5.88 Å². The number of hydrogen-bond acceptors (Lipinski definition) is 6. The van der Waals surface area contributed by atoms with Crippen LogP contribution in [0.25, 0.3) is 0 Å². The van der Waals surface area contributed by atoms with E-state index in [4.69, 9.17) is 4.74 Å². The molecule has 0 aliphatic carbocycles. The van der Waals surface area contributed by atoms with Crippen LogP contribution in [0.5, 0.6) is 5.88 Å². The normalized spacial score (nSPS) is 13.8. The van der Waals surface area contributed by atoms with Crippen molar-refractivity contribution in [3.63, 3.8) is 0 Å². The van der Waals surface area contributed by atoms with Gasteiger partial charge in [-0.1, -0.05) is 0 Å². The summed E-state index contributed by atoms with van der Waals surface area (Å²) in [7, 11) is 1.55. The maximum Gasteiger partial charge on any atom is 0.216 e. The van der Waals surface area contributed by atoms with Gasteiger partial charge in [0.25, 0.3) is 0 Å². The Labute approximate surface area is 125 Å². The minimum atomic E-state index is 0.121. The molecule has 0 amide bonds. The van der Waals surface area contributed by atoms with Crippen LogP contribution >= 0.6 is 23.1 Å². The number of hydrogen-bond donors (Lipinski definition) is 0. The molecule has 0 atom stereocenters. The summed E-state index contributed by atoms with van der Waals surface area (Å²) >= 11 is 3.56. The van der Waals surface area contributed by atoms with Crippen LogP contribution in [-0.4, -0.2) is 28.6 Å². The fraction of sp³-hybridized carbons (Fsp3) is 0.357. The number of aromatic nitrogens is 2. The molecule has 0 saturated carbocycles. The highest BCUT2D eigenvalue weighted by molar-refractivity contribution is 7.98. The zero-order chi connectivity index (χ0) is 13.9. The number of carbonyl (C=O) groups excluding carboxylic acids is 1. The summed E-state index contributed by atoms with van der Waals surface area (Å²) in [6.45, 7) is 0. The monoisotopic (exact) mass is 306 g/mol. The number of Topliss-reactive ketones (excluding diaryl/α,β-unsaturated/α-hetero) is 1. The average Bonchev–Trinajstić information content (AvgIpc) is 2.91. The van der Waals surface area contributed by atoms with Gasteiger partial charge in [0.1, 0.15) is 6.33 Å². The van der Waals surface area contributed by atoms with Gasteiger partial charge in [-0.25, -0.2) is 9.97 Å². The van der Waals surface area contributed by atoms with E-state index in [2.05, 4.69) is 9.97 Å². The number of thiophene rings is 1. The molecular formula is C14H14N2O2S2. The number of ketones is 1. The summed E-state index contributed by atoms with van der Waals surface area (Å²) in [5.41, 5.74) is 2.03. The standard InChI is InChI=1S/C14H14N2O2S2/c1-18-14-6-10(15-8-16-14)5-11(17)13-4-9-7-19-3-2-12(9)20-13/h4,6,8H,2-3,5,7H2,1H3. The van der Waals surface area contributed by atoms with Crippen molar-refractivity contribution in [3.05, 3.63) is 39.5 Å². The molecule has 104 valence electrons. The van der Waals surface area contributed by atoms with Gasteiger partial charge >= 0.3 is 0 Å². The van der Waals surface area contributed by atoms with Gasteiger partial charge in [-0.3, -0.25) is 4.79 Å².